The fourth-order valence-electron chi connectivity index (χ4n) is 2.52. The summed E-state index contributed by atoms with van der Waals surface area (Å²) in [4.78, 5) is 30.0. The standard InChI is InChI=1S/C15H15N3O4S2/c1-8-4-5-10-11(6-8)24(21,22)18(3)12(13(10)19)14(20)17-15-16-7-9(2)23-15/h4-7,12H,1-3H3,(H,16,17,20). The third-order valence-electron chi connectivity index (χ3n) is 3.77. The second-order valence-corrected chi connectivity index (χ2v) is 8.75. The largest absolute Gasteiger partial charge is 0.300 e. The minimum atomic E-state index is -3.92. The van der Waals surface area contributed by atoms with Gasteiger partial charge in [0.15, 0.2) is 17.0 Å². The van der Waals surface area contributed by atoms with Crippen LogP contribution in [0.15, 0.2) is 29.3 Å². The number of Topliss-reactive ketones (excluding diaryl/α,β-unsaturated/α-hetero) is 1. The Bertz CT molecular complexity index is 949. The number of hydrogen-bond donors (Lipinski definition) is 1. The molecule has 0 fully saturated rings. The van der Waals surface area contributed by atoms with E-state index in [1.807, 2.05) is 6.92 Å². The van der Waals surface area contributed by atoms with Crippen molar-refractivity contribution in [3.8, 4) is 0 Å². The van der Waals surface area contributed by atoms with E-state index in [-0.39, 0.29) is 10.5 Å². The summed E-state index contributed by atoms with van der Waals surface area (Å²) in [6.45, 7) is 3.57. The number of aryl methyl sites for hydroxylation is 2. The minimum Gasteiger partial charge on any atom is -0.300 e. The number of hydrogen-bond acceptors (Lipinski definition) is 6. The van der Waals surface area contributed by atoms with Crippen molar-refractivity contribution in [3.63, 3.8) is 0 Å². The van der Waals surface area contributed by atoms with Crippen molar-refractivity contribution in [2.45, 2.75) is 24.8 Å². The lowest BCUT2D eigenvalue weighted by Gasteiger charge is -2.30. The van der Waals surface area contributed by atoms with Crippen LogP contribution in [0.3, 0.4) is 0 Å². The number of nitrogens with zero attached hydrogens (tertiary/aromatic N) is 2. The number of likely N-dealkylation sites (N-methyl/N-ethyl adjacent to an activating group) is 1. The number of sulfonamides is 1. The fraction of sp³-hybridized carbons (Fsp3) is 0.267. The molecule has 1 unspecified atom stereocenters. The number of amides is 1. The van der Waals surface area contributed by atoms with E-state index < -0.39 is 27.8 Å². The summed E-state index contributed by atoms with van der Waals surface area (Å²) in [6.07, 6.45) is 1.58. The maximum Gasteiger partial charge on any atom is 0.252 e. The lowest BCUT2D eigenvalue weighted by atomic mass is 10.0. The first kappa shape index (κ1) is 16.7. The molecule has 1 aliphatic rings. The zero-order chi connectivity index (χ0) is 17.6. The van der Waals surface area contributed by atoms with Crippen LogP contribution in [0.5, 0.6) is 0 Å². The molecule has 1 aliphatic heterocycles. The summed E-state index contributed by atoms with van der Waals surface area (Å²) >= 11 is 1.25. The van der Waals surface area contributed by atoms with Crippen molar-refractivity contribution in [1.29, 1.82) is 0 Å². The highest BCUT2D eigenvalue weighted by molar-refractivity contribution is 7.89. The van der Waals surface area contributed by atoms with Crippen LogP contribution in [-0.2, 0) is 14.8 Å². The maximum atomic E-state index is 12.7. The molecule has 1 atom stereocenters. The summed E-state index contributed by atoms with van der Waals surface area (Å²) in [5.74, 6) is -1.26. The number of benzene rings is 1. The number of fused-ring (bicyclic) bond motifs is 1. The smallest absolute Gasteiger partial charge is 0.252 e. The van der Waals surface area contributed by atoms with Crippen molar-refractivity contribution in [2.75, 3.05) is 12.4 Å². The summed E-state index contributed by atoms with van der Waals surface area (Å²) < 4.78 is 26.1. The number of ketones is 1. The molecule has 2 aromatic rings. The Balaban J connectivity index is 2.02. The molecule has 1 N–H and O–H groups in total. The van der Waals surface area contributed by atoms with Gasteiger partial charge in [-0.1, -0.05) is 6.07 Å². The van der Waals surface area contributed by atoms with Gasteiger partial charge in [-0.2, -0.15) is 4.31 Å². The van der Waals surface area contributed by atoms with Crippen LogP contribution in [-0.4, -0.2) is 42.5 Å². The highest BCUT2D eigenvalue weighted by Gasteiger charge is 2.45. The lowest BCUT2D eigenvalue weighted by molar-refractivity contribution is -0.118. The third kappa shape index (κ3) is 2.64. The van der Waals surface area contributed by atoms with Gasteiger partial charge in [0, 0.05) is 23.7 Å². The normalized spacial score (nSPS) is 19.8. The van der Waals surface area contributed by atoms with Crippen molar-refractivity contribution >= 4 is 38.2 Å². The molecular weight excluding hydrogens is 350 g/mol. The van der Waals surface area contributed by atoms with Gasteiger partial charge >= 0.3 is 0 Å². The van der Waals surface area contributed by atoms with Gasteiger partial charge in [-0.25, -0.2) is 13.4 Å². The topological polar surface area (TPSA) is 96.4 Å². The average molecular weight is 365 g/mol. The van der Waals surface area contributed by atoms with E-state index in [9.17, 15) is 18.0 Å². The summed E-state index contributed by atoms with van der Waals surface area (Å²) in [5.41, 5.74) is 0.758. The second kappa shape index (κ2) is 5.76. The van der Waals surface area contributed by atoms with Gasteiger partial charge in [-0.05, 0) is 31.5 Å². The van der Waals surface area contributed by atoms with Crippen LogP contribution < -0.4 is 5.32 Å². The van der Waals surface area contributed by atoms with Crippen LogP contribution in [0.25, 0.3) is 0 Å². The molecule has 0 aliphatic carbocycles. The highest BCUT2D eigenvalue weighted by atomic mass is 32.2. The predicted octanol–water partition coefficient (Wildman–Crippen LogP) is 1.58. The Morgan fingerprint density at radius 1 is 1.33 bits per heavy atom. The first-order valence-corrected chi connectivity index (χ1v) is 9.33. The number of aromatic nitrogens is 1. The molecule has 9 heteroatoms. The molecule has 7 nitrogen and oxygen atoms in total. The Morgan fingerprint density at radius 3 is 2.67 bits per heavy atom. The molecule has 1 aromatic carbocycles. The van der Waals surface area contributed by atoms with Gasteiger partial charge in [-0.15, -0.1) is 11.3 Å². The van der Waals surface area contributed by atoms with Gasteiger partial charge in [0.1, 0.15) is 0 Å². The quantitative estimate of drug-likeness (QED) is 0.815. The number of rotatable bonds is 2. The number of carbonyl (C=O) groups excluding carboxylic acids is 2. The number of thiazole rings is 1. The highest BCUT2D eigenvalue weighted by Crippen LogP contribution is 2.30. The van der Waals surface area contributed by atoms with Gasteiger partial charge in [0.25, 0.3) is 5.91 Å². The Kier molecular flexibility index (Phi) is 4.02. The minimum absolute atomic E-state index is 0.0363. The molecule has 3 rings (SSSR count). The Hall–Kier alpha value is -2.10. The molecule has 1 aromatic heterocycles. The van der Waals surface area contributed by atoms with Crippen LogP contribution in [0.2, 0.25) is 0 Å². The van der Waals surface area contributed by atoms with Crippen molar-refractivity contribution in [1.82, 2.24) is 9.29 Å². The third-order valence-corrected chi connectivity index (χ3v) is 6.46. The molecule has 126 valence electrons. The summed E-state index contributed by atoms with van der Waals surface area (Å²) in [7, 11) is -2.69. The van der Waals surface area contributed by atoms with Gasteiger partial charge < -0.3 is 5.32 Å². The SMILES string of the molecule is Cc1ccc2c(c1)S(=O)(=O)N(C)C(C(=O)Nc1ncc(C)s1)C2=O. The van der Waals surface area contributed by atoms with E-state index in [1.54, 1.807) is 19.2 Å². The molecule has 0 spiro atoms. The van der Waals surface area contributed by atoms with Crippen LogP contribution >= 0.6 is 11.3 Å². The molecule has 0 radical (unpaired) electrons. The zero-order valence-electron chi connectivity index (χ0n) is 13.2. The van der Waals surface area contributed by atoms with Gasteiger partial charge in [0.05, 0.1) is 4.90 Å². The maximum absolute atomic E-state index is 12.7. The van der Waals surface area contributed by atoms with E-state index in [0.717, 1.165) is 14.7 Å². The van der Waals surface area contributed by atoms with E-state index in [4.69, 9.17) is 0 Å². The number of nitrogens with one attached hydrogen (secondary N) is 1. The summed E-state index contributed by atoms with van der Waals surface area (Å²) in [6, 6.07) is 3.09. The molecule has 0 bridgehead atoms. The van der Waals surface area contributed by atoms with Crippen LogP contribution in [0, 0.1) is 13.8 Å². The van der Waals surface area contributed by atoms with E-state index in [2.05, 4.69) is 10.3 Å². The Labute approximate surface area is 143 Å². The van der Waals surface area contributed by atoms with Crippen molar-refractivity contribution in [3.05, 3.63) is 40.4 Å². The molecule has 24 heavy (non-hydrogen) atoms. The van der Waals surface area contributed by atoms with Crippen molar-refractivity contribution < 1.29 is 18.0 Å². The molecule has 1 amide bonds. The molecule has 0 saturated heterocycles. The van der Waals surface area contributed by atoms with Crippen LogP contribution in [0.1, 0.15) is 20.8 Å². The summed E-state index contributed by atoms with van der Waals surface area (Å²) in [5, 5.41) is 2.84. The average Bonchev–Trinajstić information content (AvgIpc) is 2.91. The van der Waals surface area contributed by atoms with E-state index in [1.165, 1.54) is 30.5 Å². The first-order valence-electron chi connectivity index (χ1n) is 7.08. The van der Waals surface area contributed by atoms with E-state index >= 15 is 0 Å². The number of carbonyl (C=O) groups is 2. The second-order valence-electron chi connectivity index (χ2n) is 5.55. The molecular formula is C15H15N3O4S2. The molecule has 0 saturated carbocycles. The Morgan fingerprint density at radius 2 is 2.04 bits per heavy atom. The lowest BCUT2D eigenvalue weighted by Crippen LogP contribution is -2.53. The zero-order valence-corrected chi connectivity index (χ0v) is 14.9. The predicted molar refractivity (Wildman–Crippen MR) is 89.7 cm³/mol. The van der Waals surface area contributed by atoms with Crippen molar-refractivity contribution in [2.24, 2.45) is 0 Å². The fourth-order valence-corrected chi connectivity index (χ4v) is 4.75. The van der Waals surface area contributed by atoms with Gasteiger partial charge in [-0.3, -0.25) is 9.59 Å². The molecule has 2 heterocycles. The monoisotopic (exact) mass is 365 g/mol. The van der Waals surface area contributed by atoms with Crippen LogP contribution in [0.4, 0.5) is 5.13 Å². The van der Waals surface area contributed by atoms with E-state index in [0.29, 0.717) is 5.13 Å². The first-order chi connectivity index (χ1) is 11.2. The van der Waals surface area contributed by atoms with Gasteiger partial charge in [0.2, 0.25) is 10.0 Å². The number of anilines is 1.